The van der Waals surface area contributed by atoms with Gasteiger partial charge in [-0.05, 0) is 45.2 Å². The number of piperidine rings is 1. The van der Waals surface area contributed by atoms with Crippen LogP contribution in [0.2, 0.25) is 0 Å². The van der Waals surface area contributed by atoms with Crippen molar-refractivity contribution in [3.05, 3.63) is 35.6 Å². The molecule has 1 unspecified atom stereocenters. The Hall–Kier alpha value is -2.18. The number of amides is 1. The van der Waals surface area contributed by atoms with Crippen LogP contribution in [0.5, 0.6) is 0 Å². The van der Waals surface area contributed by atoms with Gasteiger partial charge >= 0.3 is 0 Å². The molecule has 2 saturated heterocycles. The van der Waals surface area contributed by atoms with Crippen molar-refractivity contribution in [2.75, 3.05) is 24.6 Å². The van der Waals surface area contributed by atoms with Gasteiger partial charge in [-0.3, -0.25) is 4.79 Å². The molecule has 12 heteroatoms. The topological polar surface area (TPSA) is 131 Å². The number of hydrogen-bond donors (Lipinski definition) is 0. The van der Waals surface area contributed by atoms with Crippen LogP contribution in [-0.2, 0) is 31.2 Å². The van der Waals surface area contributed by atoms with Crippen molar-refractivity contribution in [1.29, 1.82) is 0 Å². The molecule has 0 N–H and O–H groups in total. The van der Waals surface area contributed by atoms with E-state index in [2.05, 4.69) is 5.16 Å². The van der Waals surface area contributed by atoms with Gasteiger partial charge in [0.1, 0.15) is 16.3 Å². The second-order valence-corrected chi connectivity index (χ2v) is 12.5. The molecule has 0 spiro atoms. The quantitative estimate of drug-likeness (QED) is 0.602. The molecule has 4 rings (SSSR count). The highest BCUT2D eigenvalue weighted by Gasteiger charge is 2.40. The fourth-order valence-corrected chi connectivity index (χ4v) is 8.02. The lowest BCUT2D eigenvalue weighted by molar-refractivity contribution is -0.139. The fraction of sp³-hybridized carbons (Fsp3) is 0.600. The normalized spacial score (nSPS) is 22.2. The van der Waals surface area contributed by atoms with Crippen LogP contribution >= 0.6 is 0 Å². The molecule has 2 aromatic rings. The number of nitrogens with zero attached hydrogens (tertiary/aromatic N) is 3. The van der Waals surface area contributed by atoms with E-state index >= 15 is 0 Å². The minimum Gasteiger partial charge on any atom is -0.467 e. The predicted molar refractivity (Wildman–Crippen MR) is 114 cm³/mol. The highest BCUT2D eigenvalue weighted by Crippen LogP contribution is 2.30. The average molecular weight is 486 g/mol. The van der Waals surface area contributed by atoms with Crippen LogP contribution in [0.1, 0.15) is 36.5 Å². The van der Waals surface area contributed by atoms with E-state index in [1.807, 2.05) is 0 Å². The number of furan rings is 1. The summed E-state index contributed by atoms with van der Waals surface area (Å²) in [5.41, 5.74) is 0.313. The first-order valence-corrected chi connectivity index (χ1v) is 13.8. The molecule has 4 heterocycles. The SMILES string of the molecule is Cc1noc(C)c1S(=O)(=O)N1CCC(C(=O)N(Cc2ccco2)C2CCS(=O)(=O)C2)CC1. The summed E-state index contributed by atoms with van der Waals surface area (Å²) >= 11 is 0. The molecule has 1 amide bonds. The van der Waals surface area contributed by atoms with Crippen molar-refractivity contribution in [3.8, 4) is 0 Å². The molecule has 32 heavy (non-hydrogen) atoms. The summed E-state index contributed by atoms with van der Waals surface area (Å²) in [6.07, 6.45) is 2.63. The van der Waals surface area contributed by atoms with Crippen molar-refractivity contribution in [3.63, 3.8) is 0 Å². The van der Waals surface area contributed by atoms with Crippen LogP contribution in [0.15, 0.2) is 32.2 Å². The van der Waals surface area contributed by atoms with Gasteiger partial charge in [-0.15, -0.1) is 0 Å². The van der Waals surface area contributed by atoms with Gasteiger partial charge in [0, 0.05) is 25.0 Å². The highest BCUT2D eigenvalue weighted by atomic mass is 32.2. The number of aryl methyl sites for hydroxylation is 2. The second kappa shape index (κ2) is 8.64. The van der Waals surface area contributed by atoms with Gasteiger partial charge in [0.25, 0.3) is 0 Å². The van der Waals surface area contributed by atoms with E-state index in [0.717, 1.165) is 0 Å². The third-order valence-corrected chi connectivity index (χ3v) is 10.1. The van der Waals surface area contributed by atoms with Gasteiger partial charge in [-0.25, -0.2) is 16.8 Å². The predicted octanol–water partition coefficient (Wildman–Crippen LogP) is 1.50. The summed E-state index contributed by atoms with van der Waals surface area (Å²) in [4.78, 5) is 15.1. The number of sulfone groups is 1. The number of carbonyl (C=O) groups excluding carboxylic acids is 1. The Morgan fingerprint density at radius 1 is 1.25 bits per heavy atom. The molecule has 176 valence electrons. The number of aromatic nitrogens is 1. The standard InChI is InChI=1S/C20H27N3O7S2/c1-14-19(15(2)30-21-14)32(27,28)22-8-5-16(6-9-22)20(24)23(12-18-4-3-10-29-18)17-7-11-31(25,26)13-17/h3-4,10,16-17H,5-9,11-13H2,1-2H3. The Kier molecular flexibility index (Phi) is 6.21. The van der Waals surface area contributed by atoms with Crippen LogP contribution in [-0.4, -0.2) is 67.7 Å². The lowest BCUT2D eigenvalue weighted by atomic mass is 9.95. The molecule has 0 aliphatic carbocycles. The third kappa shape index (κ3) is 4.48. The van der Waals surface area contributed by atoms with Crippen molar-refractivity contribution >= 4 is 25.8 Å². The molecule has 2 aromatic heterocycles. The number of rotatable bonds is 6. The maximum absolute atomic E-state index is 13.4. The minimum atomic E-state index is -3.76. The number of hydrogen-bond acceptors (Lipinski definition) is 8. The molecule has 2 aliphatic heterocycles. The van der Waals surface area contributed by atoms with Crippen LogP contribution in [0, 0.1) is 19.8 Å². The Morgan fingerprint density at radius 3 is 2.50 bits per heavy atom. The summed E-state index contributed by atoms with van der Waals surface area (Å²) in [7, 11) is -6.94. The van der Waals surface area contributed by atoms with E-state index in [4.69, 9.17) is 8.94 Å². The molecular weight excluding hydrogens is 458 g/mol. The fourth-order valence-electron chi connectivity index (χ4n) is 4.53. The van der Waals surface area contributed by atoms with E-state index in [1.165, 1.54) is 10.6 Å². The number of carbonyl (C=O) groups is 1. The average Bonchev–Trinajstić information content (AvgIpc) is 3.46. The van der Waals surface area contributed by atoms with Gasteiger partial charge in [0.05, 0.1) is 24.3 Å². The smallest absolute Gasteiger partial charge is 0.248 e. The number of sulfonamides is 1. The lowest BCUT2D eigenvalue weighted by Crippen LogP contribution is -2.47. The van der Waals surface area contributed by atoms with Crippen LogP contribution < -0.4 is 0 Å². The highest BCUT2D eigenvalue weighted by molar-refractivity contribution is 7.91. The Bertz CT molecular complexity index is 1160. The summed E-state index contributed by atoms with van der Waals surface area (Å²) in [5, 5.41) is 3.74. The van der Waals surface area contributed by atoms with E-state index in [9.17, 15) is 21.6 Å². The monoisotopic (exact) mass is 485 g/mol. The first kappa shape index (κ1) is 23.0. The zero-order chi connectivity index (χ0) is 23.1. The van der Waals surface area contributed by atoms with Gasteiger partial charge in [0.2, 0.25) is 15.9 Å². The van der Waals surface area contributed by atoms with Crippen LogP contribution in [0.3, 0.4) is 0 Å². The molecule has 0 radical (unpaired) electrons. The van der Waals surface area contributed by atoms with Crippen LogP contribution in [0.4, 0.5) is 0 Å². The zero-order valence-corrected chi connectivity index (χ0v) is 19.7. The Labute approximate surface area is 187 Å². The van der Waals surface area contributed by atoms with Crippen molar-refractivity contribution in [2.24, 2.45) is 5.92 Å². The Morgan fingerprint density at radius 2 is 1.97 bits per heavy atom. The second-order valence-electron chi connectivity index (χ2n) is 8.43. The molecule has 1 atom stereocenters. The first-order valence-electron chi connectivity index (χ1n) is 10.5. The van der Waals surface area contributed by atoms with Gasteiger partial charge in [-0.1, -0.05) is 5.16 Å². The molecular formula is C20H27N3O7S2. The summed E-state index contributed by atoms with van der Waals surface area (Å²) in [6.45, 7) is 3.73. The van der Waals surface area contributed by atoms with Gasteiger partial charge in [0.15, 0.2) is 15.6 Å². The van der Waals surface area contributed by atoms with Gasteiger partial charge < -0.3 is 13.8 Å². The lowest BCUT2D eigenvalue weighted by Gasteiger charge is -2.35. The molecule has 0 bridgehead atoms. The van der Waals surface area contributed by atoms with Crippen molar-refractivity contribution in [1.82, 2.24) is 14.4 Å². The Balaban J connectivity index is 1.48. The summed E-state index contributed by atoms with van der Waals surface area (Å²) in [6, 6.07) is 3.07. The molecule has 0 aromatic carbocycles. The molecule has 2 fully saturated rings. The largest absolute Gasteiger partial charge is 0.467 e. The summed E-state index contributed by atoms with van der Waals surface area (Å²) < 4.78 is 61.9. The van der Waals surface area contributed by atoms with E-state index < -0.39 is 25.9 Å². The zero-order valence-electron chi connectivity index (χ0n) is 18.1. The molecule has 0 saturated carbocycles. The first-order chi connectivity index (χ1) is 15.1. The van der Waals surface area contributed by atoms with E-state index in [-0.39, 0.29) is 53.6 Å². The van der Waals surface area contributed by atoms with Crippen molar-refractivity contribution in [2.45, 2.75) is 50.6 Å². The third-order valence-electron chi connectivity index (χ3n) is 6.21. The van der Waals surface area contributed by atoms with Crippen molar-refractivity contribution < 1.29 is 30.6 Å². The van der Waals surface area contributed by atoms with Gasteiger partial charge in [-0.2, -0.15) is 4.31 Å². The van der Waals surface area contributed by atoms with E-state index in [0.29, 0.717) is 30.7 Å². The minimum absolute atomic E-state index is 0.0568. The van der Waals surface area contributed by atoms with Crippen LogP contribution in [0.25, 0.3) is 0 Å². The summed E-state index contributed by atoms with van der Waals surface area (Å²) in [5.74, 6) is 0.294. The maximum Gasteiger partial charge on any atom is 0.248 e. The molecule has 2 aliphatic rings. The maximum atomic E-state index is 13.4. The van der Waals surface area contributed by atoms with E-state index in [1.54, 1.807) is 30.9 Å². The molecule has 10 nitrogen and oxygen atoms in total.